The van der Waals surface area contributed by atoms with Crippen molar-refractivity contribution in [3.63, 3.8) is 0 Å². The average molecular weight is 686 g/mol. The zero-order valence-electron chi connectivity index (χ0n) is 26.0. The lowest BCUT2D eigenvalue weighted by molar-refractivity contribution is -0.139. The quantitative estimate of drug-likeness (QED) is 0.152. The number of aliphatic carboxylic acids is 1. The Bertz CT molecular complexity index is 1670. The van der Waals surface area contributed by atoms with Gasteiger partial charge in [-0.25, -0.2) is 9.59 Å². The maximum atomic E-state index is 13.0. The van der Waals surface area contributed by atoms with Crippen LogP contribution in [0.3, 0.4) is 0 Å². The molecule has 0 aliphatic rings. The maximum absolute atomic E-state index is 13.0. The predicted octanol–water partition coefficient (Wildman–Crippen LogP) is 4.39. The minimum Gasteiger partial charge on any atom is -0.480 e. The molecule has 0 saturated heterocycles. The molecule has 3 aromatic carbocycles. The third-order valence-electron chi connectivity index (χ3n) is 6.20. The second-order valence-corrected chi connectivity index (χ2v) is 12.0. The number of ether oxygens (including phenoxy) is 1. The number of rotatable bonds is 10. The number of nitrogens with one attached hydrogen (secondary N) is 3. The van der Waals surface area contributed by atoms with Crippen LogP contribution in [0.15, 0.2) is 71.7 Å². The van der Waals surface area contributed by atoms with Crippen LogP contribution in [0.2, 0.25) is 10.0 Å². The van der Waals surface area contributed by atoms with E-state index in [1.165, 1.54) is 19.2 Å². The van der Waals surface area contributed by atoms with Crippen LogP contribution >= 0.6 is 23.2 Å². The van der Waals surface area contributed by atoms with Crippen molar-refractivity contribution >= 4 is 64.6 Å². The second-order valence-electron chi connectivity index (χ2n) is 11.2. The van der Waals surface area contributed by atoms with Crippen molar-refractivity contribution in [2.24, 2.45) is 10.7 Å². The Morgan fingerprint density at radius 1 is 0.957 bits per heavy atom. The molecule has 0 aliphatic carbocycles. The Kier molecular flexibility index (Phi) is 12.3. The van der Waals surface area contributed by atoms with Crippen LogP contribution in [-0.2, 0) is 14.3 Å². The number of likely N-dealkylation sites (N-methyl/N-ethyl adjacent to an activating group) is 1. The van der Waals surface area contributed by atoms with Gasteiger partial charge in [-0.2, -0.15) is 0 Å². The van der Waals surface area contributed by atoms with Gasteiger partial charge in [-0.3, -0.25) is 14.4 Å². The number of guanidine groups is 1. The molecule has 3 rings (SSSR count). The first-order valence-corrected chi connectivity index (χ1v) is 14.8. The molecule has 0 fully saturated rings. The fourth-order valence-corrected chi connectivity index (χ4v) is 4.74. The van der Waals surface area contributed by atoms with Crippen LogP contribution in [0.25, 0.3) is 11.1 Å². The van der Waals surface area contributed by atoms with Gasteiger partial charge >= 0.3 is 12.1 Å². The molecule has 0 spiro atoms. The van der Waals surface area contributed by atoms with E-state index >= 15 is 0 Å². The van der Waals surface area contributed by atoms with Gasteiger partial charge in [0, 0.05) is 24.8 Å². The smallest absolute Gasteiger partial charge is 0.437 e. The van der Waals surface area contributed by atoms with Gasteiger partial charge in [-0.15, -0.1) is 4.99 Å². The number of hydrogen-bond acceptors (Lipinski definition) is 6. The minimum absolute atomic E-state index is 0.0134. The van der Waals surface area contributed by atoms with Crippen molar-refractivity contribution in [1.29, 1.82) is 0 Å². The summed E-state index contributed by atoms with van der Waals surface area (Å²) in [4.78, 5) is 67.0. The fourth-order valence-electron chi connectivity index (χ4n) is 4.09. The highest BCUT2D eigenvalue weighted by molar-refractivity contribution is 6.40. The fraction of sp³-hybridized carbons (Fsp3) is 0.250. The zero-order valence-corrected chi connectivity index (χ0v) is 27.5. The molecule has 0 heterocycles. The molecule has 0 bridgehead atoms. The number of nitrogens with zero attached hydrogens (tertiary/aromatic N) is 2. The molecule has 13 nitrogen and oxygen atoms in total. The third kappa shape index (κ3) is 11.0. The maximum Gasteiger partial charge on any atom is 0.437 e. The molecular formula is C32H34Cl2N6O7. The van der Waals surface area contributed by atoms with Gasteiger partial charge in [-0.05, 0) is 62.2 Å². The van der Waals surface area contributed by atoms with Crippen LogP contribution in [0.1, 0.15) is 41.5 Å². The van der Waals surface area contributed by atoms with E-state index in [0.29, 0.717) is 11.3 Å². The summed E-state index contributed by atoms with van der Waals surface area (Å²) in [6, 6.07) is 16.8. The third-order valence-corrected chi connectivity index (χ3v) is 6.79. The van der Waals surface area contributed by atoms with Crippen molar-refractivity contribution in [3.05, 3.63) is 87.9 Å². The summed E-state index contributed by atoms with van der Waals surface area (Å²) >= 11 is 12.7. The highest BCUT2D eigenvalue weighted by Gasteiger charge is 2.25. The lowest BCUT2D eigenvalue weighted by Crippen LogP contribution is -2.50. The van der Waals surface area contributed by atoms with E-state index in [-0.39, 0.29) is 27.1 Å². The van der Waals surface area contributed by atoms with Crippen molar-refractivity contribution in [1.82, 2.24) is 15.5 Å². The highest BCUT2D eigenvalue weighted by atomic mass is 35.5. The van der Waals surface area contributed by atoms with Gasteiger partial charge in [0.25, 0.3) is 11.8 Å². The second kappa shape index (κ2) is 15.9. The first kappa shape index (κ1) is 36.3. The SMILES string of the molecule is CN(CC(=O)NCC(NC(=O)c1c(Cl)cc(-c2ccccc2)cc1Cl)C(=O)O)C(=O)c1cccc(NC(N)=NC(=O)OC(C)(C)C)c1. The number of carboxylic acid groups (broad SMARTS) is 1. The molecule has 6 N–H and O–H groups in total. The molecule has 0 aliphatic heterocycles. The Morgan fingerprint density at radius 3 is 2.19 bits per heavy atom. The van der Waals surface area contributed by atoms with E-state index in [4.69, 9.17) is 33.7 Å². The number of hydrogen-bond donors (Lipinski definition) is 5. The van der Waals surface area contributed by atoms with Gasteiger partial charge in [0.2, 0.25) is 11.9 Å². The number of carboxylic acids is 1. The topological polar surface area (TPSA) is 193 Å². The molecule has 1 atom stereocenters. The van der Waals surface area contributed by atoms with Crippen LogP contribution < -0.4 is 21.7 Å². The van der Waals surface area contributed by atoms with Gasteiger partial charge in [0.05, 0.1) is 22.2 Å². The number of carbonyl (C=O) groups excluding carboxylic acids is 4. The highest BCUT2D eigenvalue weighted by Crippen LogP contribution is 2.31. The standard InChI is InChI=1S/C32H34Cl2N6O7/c1-32(2,3)47-31(46)39-30(35)37-21-12-8-11-19(13-21)28(43)40(4)17-25(41)36-16-24(29(44)45)38-27(42)26-22(33)14-20(15-23(26)34)18-9-6-5-7-10-18/h5-15,24H,16-17H2,1-4H3,(H,36,41)(H,38,42)(H,44,45)(H3,35,37,39,46). The van der Waals surface area contributed by atoms with E-state index < -0.39 is 54.5 Å². The normalized spacial score (nSPS) is 12.0. The van der Waals surface area contributed by atoms with E-state index in [1.54, 1.807) is 45.0 Å². The van der Waals surface area contributed by atoms with Gasteiger partial charge in [-0.1, -0.05) is 59.6 Å². The molecule has 0 aromatic heterocycles. The molecule has 4 amide bonds. The van der Waals surface area contributed by atoms with E-state index in [2.05, 4.69) is 20.9 Å². The largest absolute Gasteiger partial charge is 0.480 e. The number of aliphatic imine (C=N–C) groups is 1. The van der Waals surface area contributed by atoms with Crippen molar-refractivity contribution < 1.29 is 33.8 Å². The molecule has 15 heteroatoms. The van der Waals surface area contributed by atoms with Gasteiger partial charge in [0.15, 0.2) is 0 Å². The number of amides is 4. The molecule has 0 radical (unpaired) electrons. The molecule has 3 aromatic rings. The minimum atomic E-state index is -1.54. The van der Waals surface area contributed by atoms with Crippen molar-refractivity contribution in [2.45, 2.75) is 32.4 Å². The van der Waals surface area contributed by atoms with Crippen LogP contribution in [0.5, 0.6) is 0 Å². The zero-order chi connectivity index (χ0) is 34.9. The Balaban J connectivity index is 1.58. The summed E-state index contributed by atoms with van der Waals surface area (Å²) in [6.45, 7) is 4.11. The van der Waals surface area contributed by atoms with E-state index in [1.807, 2.05) is 30.3 Å². The summed E-state index contributed by atoms with van der Waals surface area (Å²) in [6.07, 6.45) is -0.893. The first-order valence-electron chi connectivity index (χ1n) is 14.1. The van der Waals surface area contributed by atoms with Gasteiger partial charge < -0.3 is 36.4 Å². The summed E-state index contributed by atoms with van der Waals surface area (Å²) in [7, 11) is 1.37. The number of carbonyl (C=O) groups is 5. The summed E-state index contributed by atoms with van der Waals surface area (Å²) in [5.74, 6) is -3.76. The number of benzene rings is 3. The molecule has 47 heavy (non-hydrogen) atoms. The van der Waals surface area contributed by atoms with Crippen LogP contribution in [0.4, 0.5) is 10.5 Å². The first-order chi connectivity index (χ1) is 22.0. The van der Waals surface area contributed by atoms with Crippen LogP contribution in [0, 0.1) is 0 Å². The molecule has 1 unspecified atom stereocenters. The molecule has 0 saturated carbocycles. The van der Waals surface area contributed by atoms with Gasteiger partial charge in [0.1, 0.15) is 11.6 Å². The predicted molar refractivity (Wildman–Crippen MR) is 179 cm³/mol. The summed E-state index contributed by atoms with van der Waals surface area (Å²) in [5, 5.41) is 17.1. The monoisotopic (exact) mass is 684 g/mol. The van der Waals surface area contributed by atoms with Crippen LogP contribution in [-0.4, -0.2) is 77.5 Å². The number of halogens is 2. The summed E-state index contributed by atoms with van der Waals surface area (Å²) < 4.78 is 5.08. The molecule has 248 valence electrons. The lowest BCUT2D eigenvalue weighted by Gasteiger charge is -2.20. The van der Waals surface area contributed by atoms with E-state index in [0.717, 1.165) is 10.5 Å². The van der Waals surface area contributed by atoms with Crippen molar-refractivity contribution in [3.8, 4) is 11.1 Å². The summed E-state index contributed by atoms with van der Waals surface area (Å²) in [5.41, 5.74) is 6.89. The number of nitrogens with two attached hydrogens (primary N) is 1. The number of anilines is 1. The van der Waals surface area contributed by atoms with E-state index in [9.17, 15) is 29.1 Å². The average Bonchev–Trinajstić information content (AvgIpc) is 2.97. The molecular weight excluding hydrogens is 651 g/mol. The Morgan fingerprint density at radius 2 is 1.60 bits per heavy atom. The Labute approximate surface area is 281 Å². The van der Waals surface area contributed by atoms with Crippen molar-refractivity contribution in [2.75, 3.05) is 25.5 Å². The lowest BCUT2D eigenvalue weighted by atomic mass is 10.0. The Hall–Kier alpha value is -5.14.